The van der Waals surface area contributed by atoms with E-state index in [4.69, 9.17) is 4.74 Å². The number of hydrogen-bond donors (Lipinski definition) is 1. The molecule has 1 fully saturated rings. The lowest BCUT2D eigenvalue weighted by Gasteiger charge is -2.29. The number of hydrogen-bond acceptors (Lipinski definition) is 6. The van der Waals surface area contributed by atoms with Crippen LogP contribution in [0, 0.1) is 5.95 Å². The van der Waals surface area contributed by atoms with Crippen LogP contribution in [0.1, 0.15) is 24.3 Å². The summed E-state index contributed by atoms with van der Waals surface area (Å²) in [5.41, 5.74) is 3.99. The monoisotopic (exact) mass is 443 g/mol. The first kappa shape index (κ1) is 21.3. The van der Waals surface area contributed by atoms with E-state index in [1.807, 2.05) is 18.2 Å². The van der Waals surface area contributed by atoms with Crippen LogP contribution in [-0.4, -0.2) is 47.1 Å². The van der Waals surface area contributed by atoms with E-state index in [0.717, 1.165) is 24.2 Å². The van der Waals surface area contributed by atoms with Crippen molar-refractivity contribution in [1.82, 2.24) is 19.9 Å². The van der Waals surface area contributed by atoms with Gasteiger partial charge >= 0.3 is 0 Å². The van der Waals surface area contributed by atoms with Gasteiger partial charge in [-0.2, -0.15) is 4.39 Å². The summed E-state index contributed by atoms with van der Waals surface area (Å²) in [7, 11) is 3.70. The zero-order valence-corrected chi connectivity index (χ0v) is 18.8. The molecule has 1 aliphatic rings. The molecule has 2 aromatic heterocycles. The topological polar surface area (TPSA) is 63.2 Å². The summed E-state index contributed by atoms with van der Waals surface area (Å²) < 4.78 is 19.8. The molecule has 2 aromatic carbocycles. The van der Waals surface area contributed by atoms with Gasteiger partial charge in [0.15, 0.2) is 0 Å². The Morgan fingerprint density at radius 1 is 1.03 bits per heavy atom. The highest BCUT2D eigenvalue weighted by atomic mass is 19.1. The maximum atomic E-state index is 14.4. The van der Waals surface area contributed by atoms with Crippen LogP contribution in [0.3, 0.4) is 0 Å². The van der Waals surface area contributed by atoms with Crippen molar-refractivity contribution < 1.29 is 9.13 Å². The van der Waals surface area contributed by atoms with Gasteiger partial charge in [0.25, 0.3) is 0 Å². The predicted octanol–water partition coefficient (Wildman–Crippen LogP) is 5.39. The molecule has 0 unspecified atom stereocenters. The molecule has 0 bridgehead atoms. The fourth-order valence-corrected chi connectivity index (χ4v) is 4.40. The Bertz CT molecular complexity index is 1270. The van der Waals surface area contributed by atoms with Gasteiger partial charge in [-0.15, -0.1) is 0 Å². The van der Waals surface area contributed by atoms with E-state index < -0.39 is 5.95 Å². The summed E-state index contributed by atoms with van der Waals surface area (Å²) in [6.07, 6.45) is 5.54. The number of halogens is 1. The van der Waals surface area contributed by atoms with Crippen molar-refractivity contribution in [2.45, 2.75) is 18.8 Å². The maximum Gasteiger partial charge on any atom is 0.227 e. The van der Waals surface area contributed by atoms with Gasteiger partial charge in [0.2, 0.25) is 11.9 Å². The van der Waals surface area contributed by atoms with Gasteiger partial charge in [-0.25, -0.2) is 15.0 Å². The number of aromatic nitrogens is 3. The number of anilines is 2. The third-order valence-corrected chi connectivity index (χ3v) is 6.31. The Kier molecular flexibility index (Phi) is 5.88. The molecule has 0 amide bonds. The standard InChI is InChI=1S/C26H26FN5O/c1-32-13-10-18(11-14-32)17-5-7-21(8-6-17)30-26-29-16-20-4-3-19(15-22(20)31-26)24-23(33-2)9-12-28-25(24)27/h3-9,12,15-16,18H,10-11,13-14H2,1-2H3,(H,29,30,31). The van der Waals surface area contributed by atoms with E-state index in [-0.39, 0.29) is 0 Å². The van der Waals surface area contributed by atoms with Gasteiger partial charge in [-0.1, -0.05) is 24.3 Å². The molecule has 1 aliphatic heterocycles. The number of methoxy groups -OCH3 is 1. The molecule has 4 aromatic rings. The Labute approximate surface area is 192 Å². The van der Waals surface area contributed by atoms with Crippen LogP contribution in [0.25, 0.3) is 22.0 Å². The van der Waals surface area contributed by atoms with Gasteiger partial charge < -0.3 is 15.0 Å². The molecule has 0 saturated carbocycles. The Hall–Kier alpha value is -3.58. The van der Waals surface area contributed by atoms with E-state index >= 15 is 0 Å². The number of nitrogens with one attached hydrogen (secondary N) is 1. The van der Waals surface area contributed by atoms with Crippen LogP contribution in [-0.2, 0) is 0 Å². The van der Waals surface area contributed by atoms with E-state index in [0.29, 0.717) is 34.3 Å². The Morgan fingerprint density at radius 2 is 1.82 bits per heavy atom. The van der Waals surface area contributed by atoms with Gasteiger partial charge in [0.1, 0.15) is 5.75 Å². The number of likely N-dealkylation sites (tertiary alicyclic amines) is 1. The molecule has 1 N–H and O–H groups in total. The molecule has 3 heterocycles. The zero-order chi connectivity index (χ0) is 22.8. The molecule has 0 spiro atoms. The molecule has 0 atom stereocenters. The first-order valence-electron chi connectivity index (χ1n) is 11.1. The van der Waals surface area contributed by atoms with Crippen LogP contribution < -0.4 is 10.1 Å². The third kappa shape index (κ3) is 4.50. The second kappa shape index (κ2) is 9.11. The van der Waals surface area contributed by atoms with Crippen molar-refractivity contribution in [2.24, 2.45) is 0 Å². The molecule has 6 nitrogen and oxygen atoms in total. The normalized spacial score (nSPS) is 15.0. The van der Waals surface area contributed by atoms with Crippen molar-refractivity contribution in [1.29, 1.82) is 0 Å². The minimum absolute atomic E-state index is 0.319. The maximum absolute atomic E-state index is 14.4. The fourth-order valence-electron chi connectivity index (χ4n) is 4.40. The lowest BCUT2D eigenvalue weighted by atomic mass is 9.89. The molecule has 168 valence electrons. The fraction of sp³-hybridized carbons (Fsp3) is 0.269. The van der Waals surface area contributed by atoms with E-state index in [1.165, 1.54) is 31.7 Å². The van der Waals surface area contributed by atoms with Crippen LogP contribution in [0.15, 0.2) is 60.9 Å². The number of benzene rings is 2. The number of fused-ring (bicyclic) bond motifs is 1. The summed E-state index contributed by atoms with van der Waals surface area (Å²) in [5.74, 6) is 0.963. The summed E-state index contributed by atoms with van der Waals surface area (Å²) >= 11 is 0. The van der Waals surface area contributed by atoms with Crippen LogP contribution in [0.5, 0.6) is 5.75 Å². The van der Waals surface area contributed by atoms with Crippen molar-refractivity contribution in [3.05, 3.63) is 72.4 Å². The minimum atomic E-state index is -0.578. The number of rotatable bonds is 5. The second-order valence-electron chi connectivity index (χ2n) is 8.47. The minimum Gasteiger partial charge on any atom is -0.496 e. The van der Waals surface area contributed by atoms with E-state index in [1.54, 1.807) is 12.3 Å². The van der Waals surface area contributed by atoms with Gasteiger partial charge in [0.05, 0.1) is 18.2 Å². The van der Waals surface area contributed by atoms with Crippen molar-refractivity contribution >= 4 is 22.5 Å². The van der Waals surface area contributed by atoms with Gasteiger partial charge in [-0.3, -0.25) is 0 Å². The SMILES string of the molecule is COc1ccnc(F)c1-c1ccc2cnc(Nc3ccc(C4CCN(C)CC4)cc3)nc2c1. The van der Waals surface area contributed by atoms with Crippen molar-refractivity contribution in [2.75, 3.05) is 32.6 Å². The largest absolute Gasteiger partial charge is 0.496 e. The molecule has 1 saturated heterocycles. The highest BCUT2D eigenvalue weighted by Gasteiger charge is 2.18. The molecular formula is C26H26FN5O. The number of piperidine rings is 1. The summed E-state index contributed by atoms with van der Waals surface area (Å²) in [5, 5.41) is 4.15. The zero-order valence-electron chi connectivity index (χ0n) is 18.8. The Balaban J connectivity index is 1.38. The average molecular weight is 444 g/mol. The third-order valence-electron chi connectivity index (χ3n) is 6.31. The first-order valence-corrected chi connectivity index (χ1v) is 11.1. The number of ether oxygens (including phenoxy) is 1. The summed E-state index contributed by atoms with van der Waals surface area (Å²) in [4.78, 5) is 15.2. The number of nitrogens with zero attached hydrogens (tertiary/aromatic N) is 4. The van der Waals surface area contributed by atoms with E-state index in [2.05, 4.69) is 56.5 Å². The second-order valence-corrected chi connectivity index (χ2v) is 8.47. The van der Waals surface area contributed by atoms with E-state index in [9.17, 15) is 4.39 Å². The molecule has 33 heavy (non-hydrogen) atoms. The van der Waals surface area contributed by atoms with Crippen molar-refractivity contribution in [3.63, 3.8) is 0 Å². The molecule has 0 radical (unpaired) electrons. The molecule has 7 heteroatoms. The highest BCUT2D eigenvalue weighted by Crippen LogP contribution is 2.33. The average Bonchev–Trinajstić information content (AvgIpc) is 2.84. The highest BCUT2D eigenvalue weighted by molar-refractivity contribution is 5.85. The summed E-state index contributed by atoms with van der Waals surface area (Å²) in [6, 6.07) is 15.7. The lowest BCUT2D eigenvalue weighted by Crippen LogP contribution is -2.29. The molecule has 0 aliphatic carbocycles. The smallest absolute Gasteiger partial charge is 0.227 e. The van der Waals surface area contributed by atoms with Crippen LogP contribution in [0.4, 0.5) is 16.0 Å². The Morgan fingerprint density at radius 3 is 2.58 bits per heavy atom. The van der Waals surface area contributed by atoms with Crippen LogP contribution in [0.2, 0.25) is 0 Å². The number of pyridine rings is 1. The predicted molar refractivity (Wildman–Crippen MR) is 128 cm³/mol. The van der Waals surface area contributed by atoms with Crippen LogP contribution >= 0.6 is 0 Å². The first-order chi connectivity index (χ1) is 16.1. The van der Waals surface area contributed by atoms with Gasteiger partial charge in [-0.05, 0) is 74.3 Å². The molecule has 5 rings (SSSR count). The van der Waals surface area contributed by atoms with Gasteiger partial charge in [0, 0.05) is 23.5 Å². The quantitative estimate of drug-likeness (QED) is 0.417. The lowest BCUT2D eigenvalue weighted by molar-refractivity contribution is 0.255. The van der Waals surface area contributed by atoms with Crippen molar-refractivity contribution in [3.8, 4) is 16.9 Å². The molecular weight excluding hydrogens is 417 g/mol. The summed E-state index contributed by atoms with van der Waals surface area (Å²) in [6.45, 7) is 2.29.